The number of ether oxygens (including phenoxy) is 2. The van der Waals surface area contributed by atoms with E-state index >= 15 is 0 Å². The van der Waals surface area contributed by atoms with Crippen molar-refractivity contribution in [2.24, 2.45) is 0 Å². The topological polar surface area (TPSA) is 62.8 Å². The molecule has 2 heterocycles. The van der Waals surface area contributed by atoms with Crippen LogP contribution in [0.15, 0.2) is 0 Å². The van der Waals surface area contributed by atoms with Gasteiger partial charge in [0.2, 0.25) is 5.91 Å². The summed E-state index contributed by atoms with van der Waals surface area (Å²) in [5.74, 6) is 0.0697. The number of methoxy groups -OCH3 is 1. The number of nitrogens with zero attached hydrogens (tertiary/aromatic N) is 1. The number of nitrogens with one attached hydrogen (secondary N) is 2. The SMILES string of the molecule is COC1(CNC(=O)CN2CCNCC2)CCOC1. The van der Waals surface area contributed by atoms with Crippen molar-refractivity contribution < 1.29 is 14.3 Å². The monoisotopic (exact) mass is 257 g/mol. The van der Waals surface area contributed by atoms with Crippen molar-refractivity contribution in [2.45, 2.75) is 12.0 Å². The fourth-order valence-corrected chi connectivity index (χ4v) is 2.35. The summed E-state index contributed by atoms with van der Waals surface area (Å²) in [7, 11) is 1.68. The number of carbonyl (C=O) groups excluding carboxylic acids is 1. The van der Waals surface area contributed by atoms with Crippen LogP contribution in [0, 0.1) is 0 Å². The zero-order chi connectivity index (χ0) is 12.8. The Hall–Kier alpha value is -0.690. The number of carbonyl (C=O) groups is 1. The summed E-state index contributed by atoms with van der Waals surface area (Å²) < 4.78 is 10.8. The van der Waals surface area contributed by atoms with Crippen LogP contribution in [0.1, 0.15) is 6.42 Å². The van der Waals surface area contributed by atoms with E-state index < -0.39 is 0 Å². The lowest BCUT2D eigenvalue weighted by Crippen LogP contribution is -2.50. The van der Waals surface area contributed by atoms with E-state index in [0.29, 0.717) is 26.3 Å². The molecule has 2 aliphatic heterocycles. The molecule has 0 aromatic heterocycles. The van der Waals surface area contributed by atoms with Gasteiger partial charge in [-0.2, -0.15) is 0 Å². The Morgan fingerprint density at radius 3 is 2.89 bits per heavy atom. The third-order valence-corrected chi connectivity index (χ3v) is 3.68. The molecular weight excluding hydrogens is 234 g/mol. The molecule has 2 N–H and O–H groups in total. The Kier molecular flexibility index (Phi) is 4.94. The lowest BCUT2D eigenvalue weighted by Gasteiger charge is -2.28. The zero-order valence-corrected chi connectivity index (χ0v) is 11.0. The first-order valence-electron chi connectivity index (χ1n) is 6.57. The molecule has 1 atom stereocenters. The van der Waals surface area contributed by atoms with Crippen LogP contribution >= 0.6 is 0 Å². The summed E-state index contributed by atoms with van der Waals surface area (Å²) in [5.41, 5.74) is -0.320. The van der Waals surface area contributed by atoms with E-state index in [4.69, 9.17) is 9.47 Å². The Bertz CT molecular complexity index is 274. The summed E-state index contributed by atoms with van der Waals surface area (Å²) in [6.45, 7) is 6.08. The van der Waals surface area contributed by atoms with Gasteiger partial charge in [0.1, 0.15) is 5.60 Å². The Morgan fingerprint density at radius 2 is 2.28 bits per heavy atom. The van der Waals surface area contributed by atoms with Gasteiger partial charge < -0.3 is 20.1 Å². The second-order valence-electron chi connectivity index (χ2n) is 4.99. The third-order valence-electron chi connectivity index (χ3n) is 3.68. The van der Waals surface area contributed by atoms with Crippen molar-refractivity contribution >= 4 is 5.91 Å². The summed E-state index contributed by atoms with van der Waals surface area (Å²) in [6, 6.07) is 0. The minimum atomic E-state index is -0.320. The van der Waals surface area contributed by atoms with Gasteiger partial charge in [-0.05, 0) is 0 Å². The quantitative estimate of drug-likeness (QED) is 0.649. The zero-order valence-electron chi connectivity index (χ0n) is 11.0. The van der Waals surface area contributed by atoms with Crippen molar-refractivity contribution in [3.8, 4) is 0 Å². The van der Waals surface area contributed by atoms with Gasteiger partial charge in [-0.15, -0.1) is 0 Å². The van der Waals surface area contributed by atoms with E-state index in [0.717, 1.165) is 32.6 Å². The first-order chi connectivity index (χ1) is 8.74. The van der Waals surface area contributed by atoms with Gasteiger partial charge in [0, 0.05) is 52.9 Å². The maximum atomic E-state index is 11.9. The molecule has 0 aromatic rings. The van der Waals surface area contributed by atoms with Crippen LogP contribution in [0.2, 0.25) is 0 Å². The van der Waals surface area contributed by atoms with Gasteiger partial charge in [-0.1, -0.05) is 0 Å². The minimum Gasteiger partial charge on any atom is -0.378 e. The summed E-state index contributed by atoms with van der Waals surface area (Å²) in [4.78, 5) is 14.0. The summed E-state index contributed by atoms with van der Waals surface area (Å²) in [6.07, 6.45) is 0.845. The second kappa shape index (κ2) is 6.47. The van der Waals surface area contributed by atoms with Crippen LogP contribution in [0.25, 0.3) is 0 Å². The molecule has 104 valence electrons. The van der Waals surface area contributed by atoms with Crippen LogP contribution in [-0.4, -0.2) is 76.0 Å². The van der Waals surface area contributed by atoms with Crippen LogP contribution in [0.4, 0.5) is 0 Å². The number of hydrogen-bond acceptors (Lipinski definition) is 5. The van der Waals surface area contributed by atoms with Gasteiger partial charge in [0.05, 0.1) is 13.2 Å². The Labute approximate surface area is 108 Å². The molecule has 6 nitrogen and oxygen atoms in total. The van der Waals surface area contributed by atoms with Gasteiger partial charge in [-0.3, -0.25) is 9.69 Å². The van der Waals surface area contributed by atoms with E-state index in [1.807, 2.05) is 0 Å². The van der Waals surface area contributed by atoms with Gasteiger partial charge in [-0.25, -0.2) is 0 Å². The molecule has 0 aromatic carbocycles. The third kappa shape index (κ3) is 3.65. The molecule has 0 spiro atoms. The molecule has 1 amide bonds. The summed E-state index contributed by atoms with van der Waals surface area (Å²) in [5, 5.41) is 6.23. The molecule has 2 aliphatic rings. The lowest BCUT2D eigenvalue weighted by atomic mass is 10.0. The molecule has 1 unspecified atom stereocenters. The smallest absolute Gasteiger partial charge is 0.234 e. The molecule has 18 heavy (non-hydrogen) atoms. The molecule has 2 saturated heterocycles. The molecule has 2 fully saturated rings. The predicted molar refractivity (Wildman–Crippen MR) is 67.5 cm³/mol. The molecule has 6 heteroatoms. The van der Waals surface area contributed by atoms with Crippen LogP contribution < -0.4 is 10.6 Å². The summed E-state index contributed by atoms with van der Waals surface area (Å²) >= 11 is 0. The maximum Gasteiger partial charge on any atom is 0.234 e. The van der Waals surface area contributed by atoms with E-state index in [1.165, 1.54) is 0 Å². The number of hydrogen-bond donors (Lipinski definition) is 2. The van der Waals surface area contributed by atoms with E-state index in [9.17, 15) is 4.79 Å². The molecular formula is C12H23N3O3. The highest BCUT2D eigenvalue weighted by atomic mass is 16.5. The predicted octanol–water partition coefficient (Wildman–Crippen LogP) is -1.19. The normalized spacial score (nSPS) is 29.4. The highest BCUT2D eigenvalue weighted by molar-refractivity contribution is 5.78. The average Bonchev–Trinajstić information content (AvgIpc) is 2.87. The molecule has 0 aliphatic carbocycles. The van der Waals surface area contributed by atoms with Crippen LogP contribution in [0.3, 0.4) is 0 Å². The largest absolute Gasteiger partial charge is 0.378 e. The van der Waals surface area contributed by atoms with Gasteiger partial charge >= 0.3 is 0 Å². The standard InChI is InChI=1S/C12H23N3O3/c1-17-12(2-7-18-10-12)9-14-11(16)8-15-5-3-13-4-6-15/h13H,2-10H2,1H3,(H,14,16). The second-order valence-corrected chi connectivity index (χ2v) is 4.99. The number of amides is 1. The van der Waals surface area contributed by atoms with E-state index in [2.05, 4.69) is 15.5 Å². The van der Waals surface area contributed by atoms with Crippen molar-refractivity contribution in [1.82, 2.24) is 15.5 Å². The van der Waals surface area contributed by atoms with Crippen LogP contribution in [-0.2, 0) is 14.3 Å². The molecule has 0 radical (unpaired) electrons. The average molecular weight is 257 g/mol. The first kappa shape index (κ1) is 13.7. The number of rotatable bonds is 5. The molecule has 0 saturated carbocycles. The highest BCUT2D eigenvalue weighted by Gasteiger charge is 2.35. The minimum absolute atomic E-state index is 0.0697. The van der Waals surface area contributed by atoms with E-state index in [-0.39, 0.29) is 11.5 Å². The highest BCUT2D eigenvalue weighted by Crippen LogP contribution is 2.21. The van der Waals surface area contributed by atoms with Gasteiger partial charge in [0.15, 0.2) is 0 Å². The molecule has 2 rings (SSSR count). The fourth-order valence-electron chi connectivity index (χ4n) is 2.35. The molecule has 0 bridgehead atoms. The number of piperazine rings is 1. The van der Waals surface area contributed by atoms with Crippen LogP contribution in [0.5, 0.6) is 0 Å². The maximum absolute atomic E-state index is 11.9. The van der Waals surface area contributed by atoms with Crippen molar-refractivity contribution in [2.75, 3.05) is 59.6 Å². The van der Waals surface area contributed by atoms with Crippen molar-refractivity contribution in [3.63, 3.8) is 0 Å². The van der Waals surface area contributed by atoms with Crippen molar-refractivity contribution in [3.05, 3.63) is 0 Å². The van der Waals surface area contributed by atoms with Gasteiger partial charge in [0.25, 0.3) is 0 Å². The fraction of sp³-hybridized carbons (Fsp3) is 0.917. The Morgan fingerprint density at radius 1 is 1.50 bits per heavy atom. The lowest BCUT2D eigenvalue weighted by molar-refractivity contribution is -0.124. The van der Waals surface area contributed by atoms with E-state index in [1.54, 1.807) is 7.11 Å². The Balaban J connectivity index is 1.70. The first-order valence-corrected chi connectivity index (χ1v) is 6.57. The van der Waals surface area contributed by atoms with Crippen molar-refractivity contribution in [1.29, 1.82) is 0 Å².